The Labute approximate surface area is 138 Å². The van der Waals surface area contributed by atoms with Crippen LogP contribution in [0, 0.1) is 0 Å². The third-order valence-electron chi connectivity index (χ3n) is 3.66. The summed E-state index contributed by atoms with van der Waals surface area (Å²) in [4.78, 5) is 1.98. The Kier molecular flexibility index (Phi) is 7.38. The number of nitrogens with one attached hydrogen (secondary N) is 1. The summed E-state index contributed by atoms with van der Waals surface area (Å²) in [5.41, 5.74) is -0.396. The van der Waals surface area contributed by atoms with Gasteiger partial charge in [-0.15, -0.1) is 12.4 Å². The van der Waals surface area contributed by atoms with E-state index in [-0.39, 0.29) is 23.9 Å². The molecule has 22 heavy (non-hydrogen) atoms. The van der Waals surface area contributed by atoms with Crippen LogP contribution in [0.3, 0.4) is 0 Å². The van der Waals surface area contributed by atoms with Gasteiger partial charge >= 0.3 is 6.18 Å². The molecule has 0 saturated carbocycles. The van der Waals surface area contributed by atoms with E-state index in [1.165, 1.54) is 6.07 Å². The minimum atomic E-state index is -4.43. The maximum absolute atomic E-state index is 12.9. The molecule has 1 saturated heterocycles. The van der Waals surface area contributed by atoms with Gasteiger partial charge in [0.2, 0.25) is 0 Å². The van der Waals surface area contributed by atoms with Gasteiger partial charge in [0.05, 0.1) is 12.2 Å². The van der Waals surface area contributed by atoms with E-state index in [1.807, 2.05) is 4.90 Å². The lowest BCUT2D eigenvalue weighted by molar-refractivity contribution is -0.137. The van der Waals surface area contributed by atoms with Crippen LogP contribution in [0.4, 0.5) is 17.6 Å². The van der Waals surface area contributed by atoms with Crippen LogP contribution in [0.25, 0.3) is 0 Å². The molecule has 1 fully saturated rings. The molecule has 0 spiro atoms. The number of alkyl halides is 4. The molecule has 1 heterocycles. The monoisotopic (exact) mass is 360 g/mol. The van der Waals surface area contributed by atoms with Crippen molar-refractivity contribution >= 4 is 24.0 Å². The molecule has 8 heteroatoms. The van der Waals surface area contributed by atoms with E-state index in [0.717, 1.165) is 25.2 Å². The molecule has 0 aromatic heterocycles. The molecule has 0 amide bonds. The van der Waals surface area contributed by atoms with E-state index < -0.39 is 24.5 Å². The highest BCUT2D eigenvalue weighted by Crippen LogP contribution is 2.36. The van der Waals surface area contributed by atoms with Gasteiger partial charge in [-0.3, -0.25) is 9.29 Å². The molecular weight excluding hydrogens is 343 g/mol. The molecule has 1 aromatic rings. The summed E-state index contributed by atoms with van der Waals surface area (Å²) in [6.45, 7) is 2.20. The minimum absolute atomic E-state index is 0. The Balaban J connectivity index is 0.00000242. The van der Waals surface area contributed by atoms with Crippen molar-refractivity contribution < 1.29 is 17.6 Å². The Morgan fingerprint density at radius 2 is 1.86 bits per heavy atom. The fourth-order valence-corrected chi connectivity index (χ4v) is 2.85. The van der Waals surface area contributed by atoms with E-state index in [4.69, 9.17) is 11.6 Å². The van der Waals surface area contributed by atoms with Gasteiger partial charge in [0.25, 0.3) is 0 Å². The first-order chi connectivity index (χ1) is 9.93. The van der Waals surface area contributed by atoms with Crippen molar-refractivity contribution in [3.05, 3.63) is 34.3 Å². The Bertz CT molecular complexity index is 476. The Morgan fingerprint density at radius 1 is 1.23 bits per heavy atom. The van der Waals surface area contributed by atoms with Gasteiger partial charge in [0.1, 0.15) is 0 Å². The molecule has 1 aliphatic heterocycles. The van der Waals surface area contributed by atoms with E-state index >= 15 is 0 Å². The highest BCUT2D eigenvalue weighted by atomic mass is 35.5. The summed E-state index contributed by atoms with van der Waals surface area (Å²) < 4.78 is 51.4. The van der Waals surface area contributed by atoms with Crippen molar-refractivity contribution in [2.75, 3.05) is 32.9 Å². The van der Waals surface area contributed by atoms with Crippen LogP contribution in [-0.2, 0) is 6.18 Å². The number of piperazine rings is 1. The molecule has 2 rings (SSSR count). The largest absolute Gasteiger partial charge is 0.416 e. The predicted molar refractivity (Wildman–Crippen MR) is 81.5 cm³/mol. The number of hydrogen-bond donors (Lipinski definition) is 1. The van der Waals surface area contributed by atoms with Crippen molar-refractivity contribution in [3.63, 3.8) is 0 Å². The fraction of sp³-hybridized carbons (Fsp3) is 0.571. The van der Waals surface area contributed by atoms with Crippen molar-refractivity contribution in [3.8, 4) is 0 Å². The first kappa shape index (κ1) is 19.5. The first-order valence-electron chi connectivity index (χ1n) is 6.81. The van der Waals surface area contributed by atoms with Gasteiger partial charge in [-0.25, -0.2) is 0 Å². The second-order valence-corrected chi connectivity index (χ2v) is 5.42. The van der Waals surface area contributed by atoms with Gasteiger partial charge in [0, 0.05) is 37.2 Å². The van der Waals surface area contributed by atoms with Crippen LogP contribution < -0.4 is 5.32 Å². The van der Waals surface area contributed by atoms with Crippen LogP contribution in [0.15, 0.2) is 18.2 Å². The molecule has 1 aromatic carbocycles. The third-order valence-corrected chi connectivity index (χ3v) is 4.00. The van der Waals surface area contributed by atoms with Crippen molar-refractivity contribution in [2.24, 2.45) is 0 Å². The SMILES string of the molecule is Cl.FCC[C@H](c1cc(C(F)(F)F)ccc1Cl)N1CCNCC1. The average molecular weight is 361 g/mol. The molecule has 0 radical (unpaired) electrons. The second kappa shape index (κ2) is 8.34. The summed E-state index contributed by atoms with van der Waals surface area (Å²) in [6.07, 6.45) is -4.29. The molecule has 0 unspecified atom stereocenters. The van der Waals surface area contributed by atoms with Gasteiger partial charge in [-0.2, -0.15) is 13.2 Å². The summed E-state index contributed by atoms with van der Waals surface area (Å²) in [5, 5.41) is 3.41. The predicted octanol–water partition coefficient (Wildman–Crippen LogP) is 4.09. The summed E-state index contributed by atoms with van der Waals surface area (Å²) >= 11 is 6.06. The fourth-order valence-electron chi connectivity index (χ4n) is 2.61. The van der Waals surface area contributed by atoms with Crippen LogP contribution >= 0.6 is 24.0 Å². The van der Waals surface area contributed by atoms with Gasteiger partial charge in [-0.05, 0) is 30.2 Å². The molecule has 126 valence electrons. The summed E-state index contributed by atoms with van der Waals surface area (Å²) in [7, 11) is 0. The third kappa shape index (κ3) is 4.72. The molecule has 1 atom stereocenters. The number of rotatable bonds is 4. The lowest BCUT2D eigenvalue weighted by Gasteiger charge is -2.35. The van der Waals surface area contributed by atoms with E-state index in [0.29, 0.717) is 18.7 Å². The Morgan fingerprint density at radius 3 is 2.41 bits per heavy atom. The van der Waals surface area contributed by atoms with Crippen molar-refractivity contribution in [1.29, 1.82) is 0 Å². The van der Waals surface area contributed by atoms with E-state index in [2.05, 4.69) is 5.32 Å². The zero-order valence-electron chi connectivity index (χ0n) is 11.8. The van der Waals surface area contributed by atoms with Crippen molar-refractivity contribution in [1.82, 2.24) is 10.2 Å². The topological polar surface area (TPSA) is 15.3 Å². The van der Waals surface area contributed by atoms with Gasteiger partial charge < -0.3 is 5.32 Å². The molecule has 1 N–H and O–H groups in total. The smallest absolute Gasteiger partial charge is 0.314 e. The van der Waals surface area contributed by atoms with Crippen LogP contribution in [0.1, 0.15) is 23.6 Å². The number of nitrogens with zero attached hydrogens (tertiary/aromatic N) is 1. The molecule has 0 aliphatic carbocycles. The zero-order chi connectivity index (χ0) is 15.5. The molecule has 2 nitrogen and oxygen atoms in total. The molecule has 0 bridgehead atoms. The quantitative estimate of drug-likeness (QED) is 0.813. The Hall–Kier alpha value is -0.560. The average Bonchev–Trinajstić information content (AvgIpc) is 2.45. The normalized spacial score (nSPS) is 17.9. The second-order valence-electron chi connectivity index (χ2n) is 5.01. The van der Waals surface area contributed by atoms with E-state index in [1.54, 1.807) is 0 Å². The summed E-state index contributed by atoms with van der Waals surface area (Å²) in [6, 6.07) is 2.82. The van der Waals surface area contributed by atoms with Gasteiger partial charge in [0.15, 0.2) is 0 Å². The van der Waals surface area contributed by atoms with Crippen molar-refractivity contribution in [2.45, 2.75) is 18.6 Å². The van der Waals surface area contributed by atoms with E-state index in [9.17, 15) is 17.6 Å². The van der Waals surface area contributed by atoms with Crippen LogP contribution in [0.2, 0.25) is 5.02 Å². The zero-order valence-corrected chi connectivity index (χ0v) is 13.4. The standard InChI is InChI=1S/C14H17ClF4N2.ClH/c15-12-2-1-10(14(17,18)19)9-11(12)13(3-4-16)21-7-5-20-6-8-21;/h1-2,9,13,20H,3-8H2;1H/t13-;/m1./s1. The lowest BCUT2D eigenvalue weighted by Crippen LogP contribution is -2.45. The highest BCUT2D eigenvalue weighted by molar-refractivity contribution is 6.31. The van der Waals surface area contributed by atoms with Gasteiger partial charge in [-0.1, -0.05) is 11.6 Å². The lowest BCUT2D eigenvalue weighted by atomic mass is 9.99. The maximum Gasteiger partial charge on any atom is 0.416 e. The highest BCUT2D eigenvalue weighted by Gasteiger charge is 2.32. The summed E-state index contributed by atoms with van der Waals surface area (Å²) in [5.74, 6) is 0. The maximum atomic E-state index is 12.9. The first-order valence-corrected chi connectivity index (χ1v) is 7.18. The van der Waals surface area contributed by atoms with Crippen LogP contribution in [0.5, 0.6) is 0 Å². The van der Waals surface area contributed by atoms with Crippen LogP contribution in [-0.4, -0.2) is 37.8 Å². The number of hydrogen-bond acceptors (Lipinski definition) is 2. The number of benzene rings is 1. The number of halogens is 6. The molecular formula is C14H18Cl2F4N2. The minimum Gasteiger partial charge on any atom is -0.314 e. The molecule has 1 aliphatic rings.